The van der Waals surface area contributed by atoms with Crippen molar-refractivity contribution in [2.75, 3.05) is 6.61 Å². The van der Waals surface area contributed by atoms with Crippen molar-refractivity contribution < 1.29 is 22.4 Å². The van der Waals surface area contributed by atoms with E-state index >= 15 is 0 Å². The van der Waals surface area contributed by atoms with E-state index in [0.29, 0.717) is 5.56 Å². The molecule has 0 unspecified atom stereocenters. The number of hydrogen-bond donors (Lipinski definition) is 3. The van der Waals surface area contributed by atoms with Crippen molar-refractivity contribution in [3.05, 3.63) is 62.4 Å². The number of nitrogens with one attached hydrogen (secondary N) is 3. The van der Waals surface area contributed by atoms with Crippen molar-refractivity contribution in [1.82, 2.24) is 19.6 Å². The Bertz CT molecular complexity index is 1360. The summed E-state index contributed by atoms with van der Waals surface area (Å²) in [6.07, 6.45) is 0.109. The lowest BCUT2D eigenvalue weighted by Gasteiger charge is -2.37. The van der Waals surface area contributed by atoms with E-state index in [-0.39, 0.29) is 23.0 Å². The minimum absolute atomic E-state index is 0.0399. The van der Waals surface area contributed by atoms with Crippen LogP contribution >= 0.6 is 0 Å². The van der Waals surface area contributed by atoms with E-state index in [1.165, 1.54) is 22.9 Å². The molecule has 3 atom stereocenters. The van der Waals surface area contributed by atoms with Crippen LogP contribution in [0, 0.1) is 13.8 Å². The van der Waals surface area contributed by atoms with Crippen molar-refractivity contribution in [3.8, 4) is 0 Å². The number of carbonyl (C=O) groups excluding carboxylic acids is 1. The molecular formula is C24H36N4O7SSi. The van der Waals surface area contributed by atoms with E-state index < -0.39 is 54.0 Å². The first-order valence-corrected chi connectivity index (χ1v) is 16.4. The molecule has 0 aliphatic carbocycles. The van der Waals surface area contributed by atoms with Gasteiger partial charge >= 0.3 is 11.7 Å². The van der Waals surface area contributed by atoms with Gasteiger partial charge in [0.25, 0.3) is 15.6 Å². The molecule has 0 bridgehead atoms. The van der Waals surface area contributed by atoms with Crippen LogP contribution in [-0.2, 0) is 19.2 Å². The molecule has 37 heavy (non-hydrogen) atoms. The van der Waals surface area contributed by atoms with Gasteiger partial charge in [0.2, 0.25) is 0 Å². The number of ether oxygens (including phenoxy) is 1. The van der Waals surface area contributed by atoms with E-state index in [1.807, 2.05) is 11.6 Å². The largest absolute Gasteiger partial charge is 0.414 e. The summed E-state index contributed by atoms with van der Waals surface area (Å²) in [7, 11) is -6.27. The van der Waals surface area contributed by atoms with Crippen molar-refractivity contribution in [2.24, 2.45) is 0 Å². The molecule has 0 spiro atoms. The maximum absolute atomic E-state index is 12.8. The smallest absolute Gasteiger partial charge is 0.330 e. The van der Waals surface area contributed by atoms with Gasteiger partial charge in [-0.2, -0.15) is 0 Å². The number of amides is 2. The van der Waals surface area contributed by atoms with Gasteiger partial charge in [-0.05, 0) is 44.1 Å². The Morgan fingerprint density at radius 3 is 2.41 bits per heavy atom. The second kappa shape index (κ2) is 10.6. The number of urea groups is 1. The average molecular weight is 553 g/mol. The van der Waals surface area contributed by atoms with Crippen LogP contribution in [0.25, 0.3) is 0 Å². The summed E-state index contributed by atoms with van der Waals surface area (Å²) in [6, 6.07) is 4.53. The molecular weight excluding hydrogens is 516 g/mol. The first kappa shape index (κ1) is 28.8. The third-order valence-corrected chi connectivity index (χ3v) is 12.8. The molecule has 0 radical (unpaired) electrons. The Kier molecular flexibility index (Phi) is 8.22. The fourth-order valence-electron chi connectivity index (χ4n) is 3.61. The number of carbonyl (C=O) groups is 1. The van der Waals surface area contributed by atoms with Gasteiger partial charge in [-0.15, -0.1) is 0 Å². The van der Waals surface area contributed by atoms with E-state index in [2.05, 4.69) is 44.2 Å². The fraction of sp³-hybridized carbons (Fsp3) is 0.542. The maximum Gasteiger partial charge on any atom is 0.330 e. The third-order valence-electron chi connectivity index (χ3n) is 6.98. The average Bonchev–Trinajstić information content (AvgIpc) is 3.16. The number of aromatic amines is 1. The van der Waals surface area contributed by atoms with Crippen molar-refractivity contribution in [2.45, 2.75) is 82.4 Å². The fourth-order valence-corrected chi connectivity index (χ4v) is 5.54. The summed E-state index contributed by atoms with van der Waals surface area (Å²) in [4.78, 5) is 39.2. The first-order valence-electron chi connectivity index (χ1n) is 12.0. The Hall–Kier alpha value is -2.74. The zero-order chi connectivity index (χ0) is 27.8. The number of sulfonamides is 1. The van der Waals surface area contributed by atoms with Gasteiger partial charge in [-0.3, -0.25) is 14.3 Å². The zero-order valence-corrected chi connectivity index (χ0v) is 24.1. The molecule has 11 nitrogen and oxygen atoms in total. The lowest BCUT2D eigenvalue weighted by Crippen LogP contribution is -2.50. The van der Waals surface area contributed by atoms with Gasteiger partial charge in [0.1, 0.15) is 12.3 Å². The highest BCUT2D eigenvalue weighted by molar-refractivity contribution is 7.90. The summed E-state index contributed by atoms with van der Waals surface area (Å²) >= 11 is 0. The second-order valence-electron chi connectivity index (χ2n) is 10.9. The number of aromatic nitrogens is 2. The number of rotatable bonds is 7. The molecule has 1 aliphatic rings. The van der Waals surface area contributed by atoms with Crippen molar-refractivity contribution >= 4 is 24.4 Å². The van der Waals surface area contributed by atoms with Gasteiger partial charge in [0.15, 0.2) is 8.32 Å². The summed E-state index contributed by atoms with van der Waals surface area (Å²) < 4.78 is 41.1. The molecule has 3 rings (SSSR count). The highest BCUT2D eigenvalue weighted by atomic mass is 32.2. The Morgan fingerprint density at radius 2 is 1.81 bits per heavy atom. The van der Waals surface area contributed by atoms with Gasteiger partial charge in [-0.1, -0.05) is 38.5 Å². The topological polar surface area (TPSA) is 149 Å². The predicted octanol–water partition coefficient (Wildman–Crippen LogP) is 2.52. The molecule has 1 aromatic carbocycles. The van der Waals surface area contributed by atoms with Crippen LogP contribution in [-0.4, -0.2) is 51.1 Å². The van der Waals surface area contributed by atoms with Crippen LogP contribution in [0.3, 0.4) is 0 Å². The van der Waals surface area contributed by atoms with E-state index in [1.54, 1.807) is 19.1 Å². The first-order chi connectivity index (χ1) is 17.0. The molecule has 13 heteroatoms. The molecule has 1 aromatic heterocycles. The van der Waals surface area contributed by atoms with Crippen molar-refractivity contribution in [3.63, 3.8) is 0 Å². The minimum Gasteiger partial charge on any atom is -0.414 e. The summed E-state index contributed by atoms with van der Waals surface area (Å²) in [6.45, 7) is 14.0. The summed E-state index contributed by atoms with van der Waals surface area (Å²) in [5.74, 6) is 0. The van der Waals surface area contributed by atoms with Crippen LogP contribution in [0.4, 0.5) is 4.79 Å². The lowest BCUT2D eigenvalue weighted by molar-refractivity contribution is -0.0259. The second-order valence-corrected chi connectivity index (χ2v) is 17.4. The molecule has 204 valence electrons. The van der Waals surface area contributed by atoms with Gasteiger partial charge < -0.3 is 14.5 Å². The maximum atomic E-state index is 12.8. The monoisotopic (exact) mass is 552 g/mol. The number of H-pyrrole nitrogens is 1. The zero-order valence-electron chi connectivity index (χ0n) is 22.2. The number of nitrogens with zero attached hydrogens (tertiary/aromatic N) is 1. The molecule has 1 fully saturated rings. The highest BCUT2D eigenvalue weighted by Crippen LogP contribution is 2.37. The van der Waals surface area contributed by atoms with Crippen molar-refractivity contribution in [1.29, 1.82) is 0 Å². The number of benzene rings is 1. The van der Waals surface area contributed by atoms with Gasteiger partial charge in [-0.25, -0.2) is 22.7 Å². The number of hydrogen-bond acceptors (Lipinski definition) is 7. The van der Waals surface area contributed by atoms with Gasteiger partial charge in [0, 0.05) is 18.2 Å². The van der Waals surface area contributed by atoms with E-state index in [9.17, 15) is 22.8 Å². The molecule has 1 saturated heterocycles. The SMILES string of the molecule is Cc1ccc(S(=O)(=O)NC(=O)N[C@H]2C[C@H](n3cc(C)c(=O)[nH]c3=O)O[C@@H]2CO[Si](C)(C)C(C)(C)C)cc1. The third kappa shape index (κ3) is 6.77. The minimum atomic E-state index is -4.10. The molecule has 2 aromatic rings. The van der Waals surface area contributed by atoms with Crippen LogP contribution in [0.1, 0.15) is 44.5 Å². The Balaban J connectivity index is 1.81. The quantitative estimate of drug-likeness (QED) is 0.447. The normalized spacial score (nSPS) is 20.6. The van der Waals surface area contributed by atoms with Gasteiger partial charge in [0.05, 0.1) is 17.5 Å². The highest BCUT2D eigenvalue weighted by Gasteiger charge is 2.42. The van der Waals surface area contributed by atoms with Crippen LogP contribution in [0.15, 0.2) is 44.9 Å². The van der Waals surface area contributed by atoms with Crippen LogP contribution in [0.5, 0.6) is 0 Å². The van der Waals surface area contributed by atoms with Crippen LogP contribution in [0.2, 0.25) is 18.1 Å². The summed E-state index contributed by atoms with van der Waals surface area (Å²) in [5.41, 5.74) is 0.0783. The standard InChI is InChI=1S/C24H36N4O7SSi/c1-15-8-10-17(11-9-15)36(32,33)27-22(30)25-18-12-20(28-13-16(2)21(29)26-23(28)31)35-19(18)14-34-37(6,7)24(3,4)5/h8-11,13,18-20H,12,14H2,1-7H3,(H2,25,27,30)(H,26,29,31)/t18-,19+,20+/m0/s1. The number of aryl methyl sites for hydroxylation is 2. The molecule has 0 saturated carbocycles. The van der Waals surface area contributed by atoms with Crippen LogP contribution < -0.4 is 21.3 Å². The van der Waals surface area contributed by atoms with E-state index in [0.717, 1.165) is 5.56 Å². The molecule has 2 heterocycles. The Morgan fingerprint density at radius 1 is 1.19 bits per heavy atom. The Labute approximate surface area is 217 Å². The molecule has 1 aliphatic heterocycles. The molecule has 3 N–H and O–H groups in total. The molecule has 2 amide bonds. The predicted molar refractivity (Wildman–Crippen MR) is 142 cm³/mol. The van der Waals surface area contributed by atoms with E-state index in [4.69, 9.17) is 9.16 Å². The summed E-state index contributed by atoms with van der Waals surface area (Å²) in [5, 5.41) is 2.61. The lowest BCUT2D eigenvalue weighted by atomic mass is 10.1.